The van der Waals surface area contributed by atoms with Gasteiger partial charge in [-0.3, -0.25) is 14.9 Å². The molecule has 0 bridgehead atoms. The van der Waals surface area contributed by atoms with Gasteiger partial charge in [-0.15, -0.1) is 0 Å². The first-order valence-electron chi connectivity index (χ1n) is 9.43. The zero-order valence-electron chi connectivity index (χ0n) is 15.6. The van der Waals surface area contributed by atoms with Crippen LogP contribution in [0.4, 0.5) is 0 Å². The van der Waals surface area contributed by atoms with E-state index < -0.39 is 0 Å². The molecule has 1 spiro atoms. The van der Waals surface area contributed by atoms with Gasteiger partial charge in [0.15, 0.2) is 0 Å². The van der Waals surface area contributed by atoms with E-state index in [4.69, 9.17) is 9.47 Å². The van der Waals surface area contributed by atoms with Crippen molar-refractivity contribution in [3.63, 3.8) is 0 Å². The highest BCUT2D eigenvalue weighted by Crippen LogP contribution is 2.36. The van der Waals surface area contributed by atoms with Crippen LogP contribution in [0.5, 0.6) is 0 Å². The number of hydrogen-bond donors (Lipinski definition) is 0. The van der Waals surface area contributed by atoms with Crippen molar-refractivity contribution in [3.05, 3.63) is 59.2 Å². The summed E-state index contributed by atoms with van der Waals surface area (Å²) in [5.41, 5.74) is 4.21. The van der Waals surface area contributed by atoms with Gasteiger partial charge in [-0.05, 0) is 44.5 Å². The van der Waals surface area contributed by atoms with Gasteiger partial charge in [0, 0.05) is 44.0 Å². The molecule has 0 radical (unpaired) electrons. The topological polar surface area (TPSA) is 47.5 Å². The number of rotatable bonds is 5. The maximum Gasteiger partial charge on any atom is 0.0959 e. The summed E-state index contributed by atoms with van der Waals surface area (Å²) < 4.78 is 12.3. The minimum Gasteiger partial charge on any atom is -0.372 e. The van der Waals surface area contributed by atoms with E-state index in [2.05, 4.69) is 27.0 Å². The highest BCUT2D eigenvalue weighted by atomic mass is 16.5. The largest absolute Gasteiger partial charge is 0.372 e. The Labute approximate surface area is 155 Å². The summed E-state index contributed by atoms with van der Waals surface area (Å²) in [6.07, 6.45) is 2.19. The Bertz CT molecular complexity index is 758. The lowest BCUT2D eigenvalue weighted by atomic mass is 9.84. The van der Waals surface area contributed by atoms with Crippen molar-refractivity contribution in [3.8, 4) is 0 Å². The number of pyridine rings is 2. The van der Waals surface area contributed by atoms with Gasteiger partial charge in [-0.1, -0.05) is 12.1 Å². The number of aromatic nitrogens is 2. The quantitative estimate of drug-likeness (QED) is 0.827. The van der Waals surface area contributed by atoms with Gasteiger partial charge in [0.1, 0.15) is 0 Å². The fourth-order valence-corrected chi connectivity index (χ4v) is 4.03. The van der Waals surface area contributed by atoms with E-state index >= 15 is 0 Å². The minimum absolute atomic E-state index is 0.0349. The van der Waals surface area contributed by atoms with E-state index in [1.165, 1.54) is 0 Å². The van der Waals surface area contributed by atoms with Gasteiger partial charge in [0.05, 0.1) is 29.7 Å². The Hall–Kier alpha value is -1.82. The second-order valence-corrected chi connectivity index (χ2v) is 7.64. The van der Waals surface area contributed by atoms with Gasteiger partial charge >= 0.3 is 0 Å². The monoisotopic (exact) mass is 353 g/mol. The molecule has 4 heterocycles. The molecule has 2 aromatic heterocycles. The Morgan fingerprint density at radius 2 is 1.77 bits per heavy atom. The lowest BCUT2D eigenvalue weighted by Crippen LogP contribution is -2.65. The second kappa shape index (κ2) is 7.43. The van der Waals surface area contributed by atoms with Gasteiger partial charge in [-0.25, -0.2) is 0 Å². The predicted molar refractivity (Wildman–Crippen MR) is 99.7 cm³/mol. The van der Waals surface area contributed by atoms with Crippen molar-refractivity contribution in [1.82, 2.24) is 14.9 Å². The van der Waals surface area contributed by atoms with Crippen LogP contribution in [0.25, 0.3) is 0 Å². The summed E-state index contributed by atoms with van der Waals surface area (Å²) in [7, 11) is 0. The Kier molecular flexibility index (Phi) is 5.02. The van der Waals surface area contributed by atoms with Crippen molar-refractivity contribution in [1.29, 1.82) is 0 Å². The van der Waals surface area contributed by atoms with Crippen LogP contribution in [0.1, 0.15) is 35.6 Å². The molecule has 2 fully saturated rings. The SMILES string of the molecule is Cc1cccc(COC2CCOC3(C2)CN(Cc2cccc(C)n2)C3)n1. The summed E-state index contributed by atoms with van der Waals surface area (Å²) >= 11 is 0. The summed E-state index contributed by atoms with van der Waals surface area (Å²) in [6, 6.07) is 12.3. The number of aryl methyl sites for hydroxylation is 2. The van der Waals surface area contributed by atoms with Gasteiger partial charge in [-0.2, -0.15) is 0 Å². The molecule has 0 amide bonds. The first kappa shape index (κ1) is 17.6. The number of likely N-dealkylation sites (tertiary alicyclic amines) is 1. The number of hydrogen-bond acceptors (Lipinski definition) is 5. The standard InChI is InChI=1S/C21H27N3O2/c1-16-5-3-7-18(22-16)12-24-14-21(15-24)11-20(9-10-26-21)25-13-19-8-4-6-17(2)23-19/h3-8,20H,9-15H2,1-2H3. The van der Waals surface area contributed by atoms with Crippen LogP contribution in [0.15, 0.2) is 36.4 Å². The molecule has 0 aliphatic carbocycles. The van der Waals surface area contributed by atoms with Crippen molar-refractivity contribution in [2.24, 2.45) is 0 Å². The average molecular weight is 353 g/mol. The fourth-order valence-electron chi connectivity index (χ4n) is 4.03. The third kappa shape index (κ3) is 4.11. The van der Waals surface area contributed by atoms with E-state index in [9.17, 15) is 0 Å². The molecular weight excluding hydrogens is 326 g/mol. The van der Waals surface area contributed by atoms with Crippen molar-refractivity contribution < 1.29 is 9.47 Å². The van der Waals surface area contributed by atoms with Crippen LogP contribution >= 0.6 is 0 Å². The van der Waals surface area contributed by atoms with E-state index in [0.717, 1.165) is 61.9 Å². The molecule has 2 aliphatic heterocycles. The third-order valence-electron chi connectivity index (χ3n) is 5.22. The van der Waals surface area contributed by atoms with Crippen LogP contribution in [-0.2, 0) is 22.6 Å². The van der Waals surface area contributed by atoms with Crippen LogP contribution < -0.4 is 0 Å². The second-order valence-electron chi connectivity index (χ2n) is 7.64. The zero-order valence-corrected chi connectivity index (χ0v) is 15.6. The molecule has 2 aliphatic rings. The summed E-state index contributed by atoms with van der Waals surface area (Å²) in [5, 5.41) is 0. The van der Waals surface area contributed by atoms with Crippen LogP contribution in [0.2, 0.25) is 0 Å². The smallest absolute Gasteiger partial charge is 0.0959 e. The molecule has 1 unspecified atom stereocenters. The molecule has 2 aromatic rings. The lowest BCUT2D eigenvalue weighted by molar-refractivity contribution is -0.200. The van der Waals surface area contributed by atoms with E-state index in [0.29, 0.717) is 6.61 Å². The normalized spacial score (nSPS) is 22.3. The molecule has 138 valence electrons. The van der Waals surface area contributed by atoms with Crippen LogP contribution in [-0.4, -0.2) is 46.3 Å². The van der Waals surface area contributed by atoms with Gasteiger partial charge in [0.2, 0.25) is 0 Å². The van der Waals surface area contributed by atoms with Gasteiger partial charge < -0.3 is 9.47 Å². The van der Waals surface area contributed by atoms with Crippen LogP contribution in [0.3, 0.4) is 0 Å². The summed E-state index contributed by atoms with van der Waals surface area (Å²) in [5.74, 6) is 0. The van der Waals surface area contributed by atoms with Crippen molar-refractivity contribution in [2.75, 3.05) is 19.7 Å². The molecule has 26 heavy (non-hydrogen) atoms. The fraction of sp³-hybridized carbons (Fsp3) is 0.524. The molecule has 0 aromatic carbocycles. The van der Waals surface area contributed by atoms with Crippen LogP contribution in [0, 0.1) is 13.8 Å². The van der Waals surface area contributed by atoms with E-state index in [1.54, 1.807) is 0 Å². The minimum atomic E-state index is -0.0349. The zero-order chi connectivity index (χ0) is 18.0. The predicted octanol–water partition coefficient (Wildman–Crippen LogP) is 3.04. The Morgan fingerprint density at radius 1 is 1.08 bits per heavy atom. The summed E-state index contributed by atoms with van der Waals surface area (Å²) in [4.78, 5) is 11.5. The Morgan fingerprint density at radius 3 is 2.50 bits per heavy atom. The number of ether oxygens (including phenoxy) is 2. The van der Waals surface area contributed by atoms with Crippen molar-refractivity contribution in [2.45, 2.75) is 51.5 Å². The Balaban J connectivity index is 1.28. The lowest BCUT2D eigenvalue weighted by Gasteiger charge is -2.53. The maximum absolute atomic E-state index is 6.15. The molecule has 4 rings (SSSR count). The average Bonchev–Trinajstić information content (AvgIpc) is 2.59. The first-order chi connectivity index (χ1) is 12.6. The maximum atomic E-state index is 6.15. The van der Waals surface area contributed by atoms with Crippen molar-refractivity contribution >= 4 is 0 Å². The molecule has 5 heteroatoms. The third-order valence-corrected chi connectivity index (χ3v) is 5.22. The highest BCUT2D eigenvalue weighted by Gasteiger charge is 2.47. The van der Waals surface area contributed by atoms with E-state index in [1.807, 2.05) is 38.1 Å². The van der Waals surface area contributed by atoms with E-state index in [-0.39, 0.29) is 11.7 Å². The number of nitrogens with zero attached hydrogens (tertiary/aromatic N) is 3. The highest BCUT2D eigenvalue weighted by molar-refractivity contribution is 5.12. The first-order valence-corrected chi connectivity index (χ1v) is 9.43. The van der Waals surface area contributed by atoms with Gasteiger partial charge in [0.25, 0.3) is 0 Å². The molecular formula is C21H27N3O2. The summed E-state index contributed by atoms with van der Waals surface area (Å²) in [6.45, 7) is 8.24. The molecule has 0 N–H and O–H groups in total. The molecule has 2 saturated heterocycles. The molecule has 1 atom stereocenters. The molecule has 5 nitrogen and oxygen atoms in total. The molecule has 0 saturated carbocycles.